The lowest BCUT2D eigenvalue weighted by atomic mass is 9.90. The first-order valence-electron chi connectivity index (χ1n) is 3.60. The fraction of sp³-hybridized carbons (Fsp3) is 1.00. The molecule has 2 atom stereocenters. The minimum absolute atomic E-state index is 0.0914. The minimum Gasteiger partial charge on any atom is -0.392 e. The highest BCUT2D eigenvalue weighted by atomic mass is 16.3. The van der Waals surface area contributed by atoms with E-state index >= 15 is 0 Å². The highest BCUT2D eigenvalue weighted by Gasteiger charge is 2.24. The number of nitrogens with one attached hydrogen (secondary N) is 1. The zero-order chi connectivity index (χ0) is 6.85. The molecule has 0 amide bonds. The molecule has 0 saturated carbocycles. The van der Waals surface area contributed by atoms with Crippen molar-refractivity contribution < 1.29 is 5.11 Å². The Morgan fingerprint density at radius 1 is 1.22 bits per heavy atom. The largest absolute Gasteiger partial charge is 0.392 e. The van der Waals surface area contributed by atoms with Gasteiger partial charge in [0.25, 0.3) is 0 Å². The van der Waals surface area contributed by atoms with Crippen LogP contribution in [0.4, 0.5) is 0 Å². The summed E-state index contributed by atoms with van der Waals surface area (Å²) >= 11 is 0. The molecule has 2 N–H and O–H groups in total. The Bertz CT molecular complexity index is 84.9. The lowest BCUT2D eigenvalue weighted by Gasteiger charge is -2.30. The molecule has 2 unspecified atom stereocenters. The van der Waals surface area contributed by atoms with E-state index in [-0.39, 0.29) is 6.10 Å². The maximum absolute atomic E-state index is 9.41. The molecule has 0 spiro atoms. The van der Waals surface area contributed by atoms with Gasteiger partial charge in [-0.25, -0.2) is 0 Å². The summed E-state index contributed by atoms with van der Waals surface area (Å²) in [5.41, 5.74) is 0. The first kappa shape index (κ1) is 7.03. The Morgan fingerprint density at radius 2 is 1.67 bits per heavy atom. The number of hydrogen-bond acceptors (Lipinski definition) is 2. The lowest BCUT2D eigenvalue weighted by molar-refractivity contribution is 0.0434. The second kappa shape index (κ2) is 2.67. The van der Waals surface area contributed by atoms with Crippen molar-refractivity contribution in [2.24, 2.45) is 11.8 Å². The first-order valence-corrected chi connectivity index (χ1v) is 3.60. The van der Waals surface area contributed by atoms with Gasteiger partial charge in [0.1, 0.15) is 0 Å². The average Bonchev–Trinajstić information content (AvgIpc) is 1.83. The Labute approximate surface area is 56.3 Å². The van der Waals surface area contributed by atoms with Gasteiger partial charge in [0.2, 0.25) is 0 Å². The molecular weight excluding hydrogens is 114 g/mol. The summed E-state index contributed by atoms with van der Waals surface area (Å²) < 4.78 is 0. The van der Waals surface area contributed by atoms with E-state index in [2.05, 4.69) is 19.2 Å². The average molecular weight is 129 g/mol. The summed E-state index contributed by atoms with van der Waals surface area (Å²) in [5.74, 6) is 0.850. The quantitative estimate of drug-likeness (QED) is 0.490. The maximum atomic E-state index is 9.41. The summed E-state index contributed by atoms with van der Waals surface area (Å²) in [6, 6.07) is 0. The second-order valence-corrected chi connectivity index (χ2v) is 3.10. The standard InChI is InChI=1S/C7H15NO/c1-5-3-8-4-6(2)7(5)9/h5-9H,3-4H2,1-2H3. The van der Waals surface area contributed by atoms with Gasteiger partial charge in [0.05, 0.1) is 6.10 Å². The van der Waals surface area contributed by atoms with Crippen LogP contribution in [0.15, 0.2) is 0 Å². The topological polar surface area (TPSA) is 32.3 Å². The third-order valence-electron chi connectivity index (χ3n) is 2.10. The predicted molar refractivity (Wildman–Crippen MR) is 37.2 cm³/mol. The van der Waals surface area contributed by atoms with Crippen molar-refractivity contribution in [2.75, 3.05) is 13.1 Å². The van der Waals surface area contributed by atoms with E-state index in [1.54, 1.807) is 0 Å². The Balaban J connectivity index is 2.41. The molecule has 1 heterocycles. The molecule has 1 saturated heterocycles. The van der Waals surface area contributed by atoms with Crippen LogP contribution in [0.5, 0.6) is 0 Å². The van der Waals surface area contributed by atoms with Crippen LogP contribution in [0.3, 0.4) is 0 Å². The maximum Gasteiger partial charge on any atom is 0.0615 e. The molecule has 54 valence electrons. The van der Waals surface area contributed by atoms with Crippen molar-refractivity contribution in [1.82, 2.24) is 5.32 Å². The van der Waals surface area contributed by atoms with Gasteiger partial charge in [-0.3, -0.25) is 0 Å². The first-order chi connectivity index (χ1) is 4.22. The molecule has 0 bridgehead atoms. The number of aliphatic hydroxyl groups excluding tert-OH is 1. The normalized spacial score (nSPS) is 45.0. The fourth-order valence-electron chi connectivity index (χ4n) is 1.34. The van der Waals surface area contributed by atoms with Crippen molar-refractivity contribution >= 4 is 0 Å². The zero-order valence-corrected chi connectivity index (χ0v) is 6.09. The fourth-order valence-corrected chi connectivity index (χ4v) is 1.34. The molecule has 0 aromatic heterocycles. The highest BCUT2D eigenvalue weighted by molar-refractivity contribution is 4.78. The van der Waals surface area contributed by atoms with E-state index in [9.17, 15) is 5.11 Å². The monoisotopic (exact) mass is 129 g/mol. The molecular formula is C7H15NO. The van der Waals surface area contributed by atoms with Crippen molar-refractivity contribution in [3.63, 3.8) is 0 Å². The summed E-state index contributed by atoms with van der Waals surface area (Å²) in [7, 11) is 0. The summed E-state index contributed by atoms with van der Waals surface area (Å²) in [5, 5.41) is 12.7. The van der Waals surface area contributed by atoms with E-state index in [0.29, 0.717) is 11.8 Å². The molecule has 0 aromatic carbocycles. The van der Waals surface area contributed by atoms with E-state index in [1.807, 2.05) is 0 Å². The van der Waals surface area contributed by atoms with Crippen LogP contribution in [0.25, 0.3) is 0 Å². The van der Waals surface area contributed by atoms with E-state index in [1.165, 1.54) is 0 Å². The van der Waals surface area contributed by atoms with Crippen LogP contribution in [0.2, 0.25) is 0 Å². The molecule has 0 aromatic rings. The highest BCUT2D eigenvalue weighted by Crippen LogP contribution is 2.15. The van der Waals surface area contributed by atoms with Gasteiger partial charge in [0.15, 0.2) is 0 Å². The molecule has 9 heavy (non-hydrogen) atoms. The van der Waals surface area contributed by atoms with Gasteiger partial charge >= 0.3 is 0 Å². The van der Waals surface area contributed by atoms with Gasteiger partial charge in [0, 0.05) is 13.1 Å². The van der Waals surface area contributed by atoms with Crippen molar-refractivity contribution in [3.8, 4) is 0 Å². The zero-order valence-electron chi connectivity index (χ0n) is 6.09. The predicted octanol–water partition coefficient (Wildman–Crippen LogP) is 0.223. The van der Waals surface area contributed by atoms with E-state index in [0.717, 1.165) is 13.1 Å². The summed E-state index contributed by atoms with van der Waals surface area (Å²) in [6.45, 7) is 6.08. The third-order valence-corrected chi connectivity index (χ3v) is 2.10. The minimum atomic E-state index is -0.0914. The molecule has 1 fully saturated rings. The Morgan fingerprint density at radius 3 is 2.00 bits per heavy atom. The van der Waals surface area contributed by atoms with E-state index < -0.39 is 0 Å². The van der Waals surface area contributed by atoms with Gasteiger partial charge < -0.3 is 10.4 Å². The third kappa shape index (κ3) is 1.43. The van der Waals surface area contributed by atoms with Crippen molar-refractivity contribution in [1.29, 1.82) is 0 Å². The molecule has 1 aliphatic heterocycles. The SMILES string of the molecule is CC1CNCC(C)C1O. The van der Waals surface area contributed by atoms with Gasteiger partial charge in [-0.2, -0.15) is 0 Å². The van der Waals surface area contributed by atoms with E-state index in [4.69, 9.17) is 0 Å². The molecule has 1 aliphatic rings. The molecule has 2 heteroatoms. The number of aliphatic hydroxyl groups is 1. The molecule has 0 radical (unpaired) electrons. The van der Waals surface area contributed by atoms with Gasteiger partial charge in [-0.1, -0.05) is 13.8 Å². The number of rotatable bonds is 0. The molecule has 0 aliphatic carbocycles. The number of piperidine rings is 1. The van der Waals surface area contributed by atoms with Crippen molar-refractivity contribution in [2.45, 2.75) is 20.0 Å². The summed E-state index contributed by atoms with van der Waals surface area (Å²) in [6.07, 6.45) is -0.0914. The van der Waals surface area contributed by atoms with Crippen LogP contribution >= 0.6 is 0 Å². The molecule has 2 nitrogen and oxygen atoms in total. The second-order valence-electron chi connectivity index (χ2n) is 3.10. The van der Waals surface area contributed by atoms with Crippen LogP contribution < -0.4 is 5.32 Å². The van der Waals surface area contributed by atoms with Crippen LogP contribution in [0.1, 0.15) is 13.8 Å². The summed E-state index contributed by atoms with van der Waals surface area (Å²) in [4.78, 5) is 0. The van der Waals surface area contributed by atoms with Gasteiger partial charge in [-0.15, -0.1) is 0 Å². The van der Waals surface area contributed by atoms with Crippen LogP contribution in [0, 0.1) is 11.8 Å². The van der Waals surface area contributed by atoms with Crippen molar-refractivity contribution in [3.05, 3.63) is 0 Å². The van der Waals surface area contributed by atoms with Crippen LogP contribution in [-0.4, -0.2) is 24.3 Å². The smallest absolute Gasteiger partial charge is 0.0615 e. The Hall–Kier alpha value is -0.0800. The lowest BCUT2D eigenvalue weighted by Crippen LogP contribution is -2.44. The van der Waals surface area contributed by atoms with Gasteiger partial charge in [-0.05, 0) is 11.8 Å². The molecule has 1 rings (SSSR count). The van der Waals surface area contributed by atoms with Crippen LogP contribution in [-0.2, 0) is 0 Å². The Kier molecular flexibility index (Phi) is 2.09. The number of hydrogen-bond donors (Lipinski definition) is 2.